The van der Waals surface area contributed by atoms with Gasteiger partial charge >= 0.3 is 18.0 Å². The molecule has 0 radical (unpaired) electrons. The Morgan fingerprint density at radius 2 is 1.17 bits per heavy atom. The monoisotopic (exact) mass is 798 g/mol. The van der Waals surface area contributed by atoms with Crippen LogP contribution in [0.4, 0.5) is 9.59 Å². The Kier molecular flexibility index (Phi) is 12.6. The second-order valence-electron chi connectivity index (χ2n) is 13.7. The number of rotatable bonds is 14. The number of nitrogens with one attached hydrogen (secondary N) is 1. The van der Waals surface area contributed by atoms with E-state index in [1.807, 2.05) is 97.9 Å². The largest absolute Gasteiger partial charge is 0.509 e. The van der Waals surface area contributed by atoms with Gasteiger partial charge in [0.1, 0.15) is 30.7 Å². The molecule has 1 N–H and O–H groups in total. The molecule has 1 aliphatic rings. The van der Waals surface area contributed by atoms with Gasteiger partial charge in [-0.15, -0.1) is 0 Å². The molecule has 0 amide bonds. The topological polar surface area (TPSA) is 154 Å². The molecule has 2 heterocycles. The number of H-pyrrole nitrogens is 1. The SMILES string of the molecule is COc1ccc(C(OC[C@H]2O[C@@H](n3ccc(=O)[nH]c3=O)C(OC(=O)OCc3ccccc3)[C@H]2OC(=O)OCc2ccccc2)(c2ccccc2)c2ccc(C)cc2)cc1. The molecule has 13 heteroatoms. The van der Waals surface area contributed by atoms with Gasteiger partial charge in [-0.3, -0.25) is 14.3 Å². The van der Waals surface area contributed by atoms with Crippen LogP contribution in [0.5, 0.6) is 5.75 Å². The van der Waals surface area contributed by atoms with E-state index in [1.54, 1.807) is 55.6 Å². The van der Waals surface area contributed by atoms with Crippen molar-refractivity contribution in [2.24, 2.45) is 0 Å². The summed E-state index contributed by atoms with van der Waals surface area (Å²) in [7, 11) is 1.58. The van der Waals surface area contributed by atoms with Crippen LogP contribution in [-0.4, -0.2) is 53.9 Å². The number of aromatic nitrogens is 2. The molecule has 2 unspecified atom stereocenters. The summed E-state index contributed by atoms with van der Waals surface area (Å²) in [5, 5.41) is 0. The van der Waals surface area contributed by atoms with E-state index in [1.165, 1.54) is 6.20 Å². The summed E-state index contributed by atoms with van der Waals surface area (Å²) in [4.78, 5) is 54.6. The lowest BCUT2D eigenvalue weighted by Crippen LogP contribution is -2.44. The van der Waals surface area contributed by atoms with Crippen molar-refractivity contribution in [2.45, 2.75) is 50.3 Å². The van der Waals surface area contributed by atoms with Crippen molar-refractivity contribution in [1.82, 2.24) is 9.55 Å². The third-order valence-corrected chi connectivity index (χ3v) is 9.87. The van der Waals surface area contributed by atoms with E-state index < -0.39 is 53.7 Å². The number of aromatic amines is 1. The van der Waals surface area contributed by atoms with Gasteiger partial charge in [0.2, 0.25) is 0 Å². The number of ether oxygens (including phenoxy) is 7. The highest BCUT2D eigenvalue weighted by Gasteiger charge is 2.53. The van der Waals surface area contributed by atoms with Crippen LogP contribution in [0.15, 0.2) is 161 Å². The fourth-order valence-corrected chi connectivity index (χ4v) is 6.93. The molecule has 1 fully saturated rings. The lowest BCUT2D eigenvalue weighted by molar-refractivity contribution is -0.100. The molecule has 0 bridgehead atoms. The molecule has 0 aliphatic carbocycles. The molecule has 1 aliphatic heterocycles. The van der Waals surface area contributed by atoms with E-state index in [9.17, 15) is 19.2 Å². The van der Waals surface area contributed by atoms with Gasteiger partial charge in [-0.05, 0) is 46.9 Å². The van der Waals surface area contributed by atoms with Gasteiger partial charge < -0.3 is 33.2 Å². The summed E-state index contributed by atoms with van der Waals surface area (Å²) in [5.74, 6) is 0.634. The maximum Gasteiger partial charge on any atom is 0.509 e. The van der Waals surface area contributed by atoms with Gasteiger partial charge in [0.25, 0.3) is 5.56 Å². The summed E-state index contributed by atoms with van der Waals surface area (Å²) in [6, 6.07) is 44.0. The maximum absolute atomic E-state index is 13.5. The predicted octanol–water partition coefficient (Wildman–Crippen LogP) is 7.20. The van der Waals surface area contributed by atoms with Crippen molar-refractivity contribution in [1.29, 1.82) is 0 Å². The van der Waals surface area contributed by atoms with Crippen molar-refractivity contribution in [3.8, 4) is 5.75 Å². The van der Waals surface area contributed by atoms with Crippen molar-refractivity contribution in [3.05, 3.63) is 206 Å². The minimum Gasteiger partial charge on any atom is -0.497 e. The highest BCUT2D eigenvalue weighted by Crippen LogP contribution is 2.43. The van der Waals surface area contributed by atoms with Crippen LogP contribution in [-0.2, 0) is 47.2 Å². The summed E-state index contributed by atoms with van der Waals surface area (Å²) < 4.78 is 42.9. The standard InChI is InChI=1S/C46H42N2O11/c1-31-18-20-35(21-19-31)46(34-16-10-5-11-17-34,36-22-24-37(53-2)25-23-36)56-30-38-40(58-44(51)54-28-32-12-6-3-7-13-32)41(42(57-38)48-27-26-39(49)47-43(48)50)59-45(52)55-29-33-14-8-4-9-15-33/h3-27,38,40-42H,28-30H2,1-2H3,(H,47,49,50)/t38-,40+,41?,42-,46?/m1/s1. The van der Waals surface area contributed by atoms with Gasteiger partial charge in [-0.1, -0.05) is 133 Å². The molecule has 1 saturated heterocycles. The Bertz CT molecular complexity index is 2420. The average molecular weight is 799 g/mol. The van der Waals surface area contributed by atoms with Crippen LogP contribution in [0.1, 0.15) is 39.6 Å². The number of benzene rings is 5. The molecule has 6 aromatic rings. The van der Waals surface area contributed by atoms with Gasteiger partial charge in [0, 0.05) is 12.3 Å². The van der Waals surface area contributed by atoms with E-state index in [-0.39, 0.29) is 19.8 Å². The number of hydrogen-bond donors (Lipinski definition) is 1. The van der Waals surface area contributed by atoms with Gasteiger partial charge in [0.15, 0.2) is 18.4 Å². The summed E-state index contributed by atoms with van der Waals surface area (Å²) in [5.41, 5.74) is 1.87. The molecule has 302 valence electrons. The van der Waals surface area contributed by atoms with E-state index >= 15 is 0 Å². The van der Waals surface area contributed by atoms with Crippen molar-refractivity contribution >= 4 is 12.3 Å². The molecule has 5 atom stereocenters. The first kappa shape index (κ1) is 40.2. The first-order valence-electron chi connectivity index (χ1n) is 18.9. The van der Waals surface area contributed by atoms with E-state index in [2.05, 4.69) is 4.98 Å². The molecule has 1 aromatic heterocycles. The highest BCUT2D eigenvalue weighted by atomic mass is 16.8. The fraction of sp³-hybridized carbons (Fsp3) is 0.217. The molecule has 5 aromatic carbocycles. The number of methoxy groups -OCH3 is 1. The Labute approximate surface area is 339 Å². The highest BCUT2D eigenvalue weighted by molar-refractivity contribution is 5.62. The van der Waals surface area contributed by atoms with Crippen LogP contribution in [0.25, 0.3) is 0 Å². The van der Waals surface area contributed by atoms with Crippen molar-refractivity contribution in [2.75, 3.05) is 13.7 Å². The first-order chi connectivity index (χ1) is 28.7. The van der Waals surface area contributed by atoms with Crippen LogP contribution in [0.3, 0.4) is 0 Å². The zero-order valence-electron chi connectivity index (χ0n) is 32.3. The molecule has 0 spiro atoms. The van der Waals surface area contributed by atoms with Crippen molar-refractivity contribution < 1.29 is 42.7 Å². The summed E-state index contributed by atoms with van der Waals surface area (Å²) >= 11 is 0. The Hall–Kier alpha value is -6.96. The van der Waals surface area contributed by atoms with Crippen LogP contribution < -0.4 is 16.0 Å². The number of carbonyl (C=O) groups excluding carboxylic acids is 2. The zero-order chi connectivity index (χ0) is 41.2. The lowest BCUT2D eigenvalue weighted by Gasteiger charge is -2.37. The van der Waals surface area contributed by atoms with E-state index in [0.717, 1.165) is 32.9 Å². The average Bonchev–Trinajstić information content (AvgIpc) is 3.59. The van der Waals surface area contributed by atoms with E-state index in [0.29, 0.717) is 16.9 Å². The predicted molar refractivity (Wildman–Crippen MR) is 215 cm³/mol. The number of aryl methyl sites for hydroxylation is 1. The Morgan fingerprint density at radius 1 is 0.661 bits per heavy atom. The third-order valence-electron chi connectivity index (χ3n) is 9.87. The molecule has 59 heavy (non-hydrogen) atoms. The number of hydrogen-bond acceptors (Lipinski definition) is 11. The minimum atomic E-state index is -1.51. The fourth-order valence-electron chi connectivity index (χ4n) is 6.93. The number of carbonyl (C=O) groups is 2. The Balaban J connectivity index is 1.28. The normalized spacial score (nSPS) is 18.3. The second kappa shape index (κ2) is 18.5. The van der Waals surface area contributed by atoms with Gasteiger partial charge in [-0.25, -0.2) is 14.4 Å². The lowest BCUT2D eigenvalue weighted by atomic mass is 9.79. The van der Waals surface area contributed by atoms with E-state index in [4.69, 9.17) is 33.2 Å². The van der Waals surface area contributed by atoms with Gasteiger partial charge in [-0.2, -0.15) is 0 Å². The Morgan fingerprint density at radius 3 is 1.71 bits per heavy atom. The molecule has 0 saturated carbocycles. The van der Waals surface area contributed by atoms with Crippen LogP contribution in [0.2, 0.25) is 0 Å². The van der Waals surface area contributed by atoms with Gasteiger partial charge in [0.05, 0.1) is 13.7 Å². The summed E-state index contributed by atoms with van der Waals surface area (Å²) in [6.45, 7) is 1.44. The molecule has 13 nitrogen and oxygen atoms in total. The maximum atomic E-state index is 13.5. The number of nitrogens with zero attached hydrogens (tertiary/aromatic N) is 1. The van der Waals surface area contributed by atoms with Crippen molar-refractivity contribution in [3.63, 3.8) is 0 Å². The quantitative estimate of drug-likeness (QED) is 0.0879. The van der Waals surface area contributed by atoms with Crippen LogP contribution in [0, 0.1) is 6.92 Å². The zero-order valence-corrected chi connectivity index (χ0v) is 32.3. The van der Waals surface area contributed by atoms with Crippen LogP contribution >= 0.6 is 0 Å². The molecule has 7 rings (SSSR count). The summed E-state index contributed by atoms with van der Waals surface area (Å²) in [6.07, 6.45) is -6.62. The smallest absolute Gasteiger partial charge is 0.497 e. The first-order valence-corrected chi connectivity index (χ1v) is 18.9. The minimum absolute atomic E-state index is 0.121. The molecular weight excluding hydrogens is 757 g/mol. The molecular formula is C46H42N2O11. The third kappa shape index (κ3) is 9.44. The second-order valence-corrected chi connectivity index (χ2v) is 13.7.